The van der Waals surface area contributed by atoms with Gasteiger partial charge in [0.2, 0.25) is 7.14 Å². The van der Waals surface area contributed by atoms with Gasteiger partial charge in [-0.3, -0.25) is 0 Å². The Morgan fingerprint density at radius 1 is 0.846 bits per heavy atom. The van der Waals surface area contributed by atoms with Crippen LogP contribution in [0.25, 0.3) is 0 Å². The molecule has 2 aromatic carbocycles. The summed E-state index contributed by atoms with van der Waals surface area (Å²) in [5, 5.41) is 3.95. The fourth-order valence-electron chi connectivity index (χ4n) is 3.74. The van der Waals surface area contributed by atoms with Crippen molar-refractivity contribution >= 4 is 29.1 Å². The molecule has 1 unspecified atom stereocenters. The van der Waals surface area contributed by atoms with E-state index in [0.717, 1.165) is 36.9 Å². The first-order valence-electron chi connectivity index (χ1n) is 8.97. The Morgan fingerprint density at radius 3 is 1.92 bits per heavy atom. The van der Waals surface area contributed by atoms with Crippen molar-refractivity contribution < 1.29 is 14.2 Å². The molecule has 5 heteroatoms. The van der Waals surface area contributed by atoms with Crippen molar-refractivity contribution in [2.45, 2.75) is 5.78 Å². The van der Waals surface area contributed by atoms with Crippen LogP contribution in [-0.2, 0) is 9.30 Å². The lowest BCUT2D eigenvalue weighted by Crippen LogP contribution is -3.14. The fourth-order valence-corrected chi connectivity index (χ4v) is 8.47. The average Bonchev–Trinajstić information content (AvgIpc) is 3.24. The van der Waals surface area contributed by atoms with Gasteiger partial charge in [0.05, 0.1) is 18.1 Å². The third kappa shape index (κ3) is 3.30. The molecule has 0 bridgehead atoms. The summed E-state index contributed by atoms with van der Waals surface area (Å²) in [7, 11) is -2.87. The number of nitrogens with one attached hydrogen (secondary N) is 1. The predicted molar refractivity (Wildman–Crippen MR) is 108 cm³/mol. The van der Waals surface area contributed by atoms with Crippen molar-refractivity contribution in [3.63, 3.8) is 0 Å². The Balaban J connectivity index is 1.91. The Hall–Kier alpha value is -1.71. The highest BCUT2D eigenvalue weighted by Gasteiger charge is 2.45. The molecule has 0 amide bonds. The van der Waals surface area contributed by atoms with Gasteiger partial charge in [0, 0.05) is 10.6 Å². The van der Waals surface area contributed by atoms with E-state index in [9.17, 15) is 4.57 Å². The van der Waals surface area contributed by atoms with E-state index >= 15 is 0 Å². The third-order valence-electron chi connectivity index (χ3n) is 4.98. The summed E-state index contributed by atoms with van der Waals surface area (Å²) in [6.45, 7) is 3.21. The van der Waals surface area contributed by atoms with Gasteiger partial charge in [-0.1, -0.05) is 66.7 Å². The summed E-state index contributed by atoms with van der Waals surface area (Å²) in [6.07, 6.45) is 0. The van der Waals surface area contributed by atoms with Crippen molar-refractivity contribution in [2.24, 2.45) is 0 Å². The highest BCUT2D eigenvalue weighted by Crippen LogP contribution is 2.54. The van der Waals surface area contributed by atoms with E-state index in [1.807, 2.05) is 60.7 Å². The lowest BCUT2D eigenvalue weighted by Gasteiger charge is -2.36. The number of morpholine rings is 1. The van der Waals surface area contributed by atoms with Crippen molar-refractivity contribution in [1.29, 1.82) is 0 Å². The minimum absolute atomic E-state index is 0.0730. The van der Waals surface area contributed by atoms with Gasteiger partial charge in [-0.25, -0.2) is 0 Å². The fraction of sp³-hybridized carbons (Fsp3) is 0.238. The normalized spacial score (nSPS) is 17.1. The van der Waals surface area contributed by atoms with Crippen LogP contribution in [0.4, 0.5) is 0 Å². The first-order chi connectivity index (χ1) is 12.8. The monoisotopic (exact) mass is 384 g/mol. The summed E-state index contributed by atoms with van der Waals surface area (Å²) in [5.41, 5.74) is 0. The first-order valence-corrected chi connectivity index (χ1v) is 11.6. The Kier molecular flexibility index (Phi) is 5.37. The molecule has 1 aromatic heterocycles. The molecule has 1 aliphatic rings. The molecule has 4 rings (SSSR count). The van der Waals surface area contributed by atoms with E-state index in [1.165, 1.54) is 9.78 Å². The molecule has 0 radical (unpaired) electrons. The van der Waals surface area contributed by atoms with Crippen LogP contribution >= 0.6 is 18.5 Å². The zero-order valence-corrected chi connectivity index (χ0v) is 16.3. The number of quaternary nitrogens is 1. The zero-order chi connectivity index (χ0) is 17.8. The largest absolute Gasteiger partial charge is 0.370 e. The smallest absolute Gasteiger partial charge is 0.203 e. The third-order valence-corrected chi connectivity index (χ3v) is 9.59. The van der Waals surface area contributed by atoms with E-state index in [0.29, 0.717) is 0 Å². The second kappa shape index (κ2) is 7.89. The number of thiophene rings is 1. The molecule has 0 spiro atoms. The van der Waals surface area contributed by atoms with E-state index in [2.05, 4.69) is 17.5 Å². The summed E-state index contributed by atoms with van der Waals surface area (Å²) < 4.78 is 20.4. The quantitative estimate of drug-likeness (QED) is 0.686. The first kappa shape index (κ1) is 17.7. The van der Waals surface area contributed by atoms with E-state index < -0.39 is 7.14 Å². The lowest BCUT2D eigenvalue weighted by molar-refractivity contribution is -0.924. The van der Waals surface area contributed by atoms with Crippen LogP contribution in [0.15, 0.2) is 78.2 Å². The van der Waals surface area contributed by atoms with Gasteiger partial charge in [-0.05, 0) is 11.4 Å². The predicted octanol–water partition coefficient (Wildman–Crippen LogP) is 2.68. The maximum absolute atomic E-state index is 14.9. The van der Waals surface area contributed by atoms with Crippen LogP contribution in [0.5, 0.6) is 0 Å². The average molecular weight is 384 g/mol. The molecule has 0 saturated carbocycles. The second-order valence-corrected chi connectivity index (χ2v) is 10.4. The van der Waals surface area contributed by atoms with Gasteiger partial charge in [-0.15, -0.1) is 11.3 Å². The molecule has 3 nitrogen and oxygen atoms in total. The highest BCUT2D eigenvalue weighted by atomic mass is 32.1. The Bertz CT molecular complexity index is 818. The van der Waals surface area contributed by atoms with Gasteiger partial charge in [0.15, 0.2) is 5.78 Å². The molecular formula is C21H23NO2PS+. The molecule has 3 aromatic rings. The molecule has 0 aliphatic carbocycles. The van der Waals surface area contributed by atoms with Crippen LogP contribution < -0.4 is 15.5 Å². The van der Waals surface area contributed by atoms with Crippen molar-refractivity contribution in [3.8, 4) is 0 Å². The number of hydrogen-bond acceptors (Lipinski definition) is 3. The maximum atomic E-state index is 14.9. The van der Waals surface area contributed by atoms with E-state index in [-0.39, 0.29) is 5.78 Å². The maximum Gasteiger partial charge on any atom is 0.203 e. The van der Waals surface area contributed by atoms with Gasteiger partial charge in [0.25, 0.3) is 0 Å². The van der Waals surface area contributed by atoms with Crippen LogP contribution in [0.1, 0.15) is 10.7 Å². The summed E-state index contributed by atoms with van der Waals surface area (Å²) in [6, 6.07) is 24.2. The Labute approximate surface area is 158 Å². The van der Waals surface area contributed by atoms with E-state index in [4.69, 9.17) is 4.74 Å². The molecule has 1 fully saturated rings. The van der Waals surface area contributed by atoms with Gasteiger partial charge in [-0.2, -0.15) is 0 Å². The van der Waals surface area contributed by atoms with Crippen LogP contribution in [0.3, 0.4) is 0 Å². The lowest BCUT2D eigenvalue weighted by atomic mass is 10.3. The Morgan fingerprint density at radius 2 is 1.42 bits per heavy atom. The van der Waals surface area contributed by atoms with Gasteiger partial charge >= 0.3 is 0 Å². The van der Waals surface area contributed by atoms with Crippen molar-refractivity contribution in [2.75, 3.05) is 26.3 Å². The summed E-state index contributed by atoms with van der Waals surface area (Å²) in [4.78, 5) is 2.55. The molecule has 2 heterocycles. The molecular weight excluding hydrogens is 361 g/mol. The van der Waals surface area contributed by atoms with Crippen LogP contribution in [-0.4, -0.2) is 26.3 Å². The minimum atomic E-state index is -2.87. The summed E-state index contributed by atoms with van der Waals surface area (Å²) in [5.74, 6) is -0.0730. The number of benzene rings is 2. The molecule has 1 N–H and O–H groups in total. The van der Waals surface area contributed by atoms with Crippen LogP contribution in [0, 0.1) is 0 Å². The second-order valence-electron chi connectivity index (χ2n) is 6.52. The van der Waals surface area contributed by atoms with Crippen molar-refractivity contribution in [1.82, 2.24) is 0 Å². The molecule has 1 atom stereocenters. The number of rotatable bonds is 5. The molecule has 1 saturated heterocycles. The van der Waals surface area contributed by atoms with Gasteiger partial charge < -0.3 is 14.2 Å². The topological polar surface area (TPSA) is 30.7 Å². The molecule has 26 heavy (non-hydrogen) atoms. The highest BCUT2D eigenvalue weighted by molar-refractivity contribution is 7.79. The van der Waals surface area contributed by atoms with Crippen LogP contribution in [0.2, 0.25) is 0 Å². The minimum Gasteiger partial charge on any atom is -0.370 e. The zero-order valence-electron chi connectivity index (χ0n) is 14.6. The molecule has 1 aliphatic heterocycles. The number of hydrogen-bond donors (Lipinski definition) is 1. The van der Waals surface area contributed by atoms with Crippen molar-refractivity contribution in [3.05, 3.63) is 83.1 Å². The standard InChI is InChI=1S/C21H22NO2PS/c23-25(18-8-3-1-4-9-18,19-10-5-2-6-11-19)21(20-12-7-17-26-20)22-13-15-24-16-14-22/h1-12,17,21H,13-16H2/p+1. The number of ether oxygens (including phenoxy) is 1. The SMILES string of the molecule is O=P(c1ccccc1)(c1ccccc1)C(c1cccs1)[NH+]1CCOCC1. The van der Waals surface area contributed by atoms with E-state index in [1.54, 1.807) is 11.3 Å². The molecule has 134 valence electrons. The summed E-state index contributed by atoms with van der Waals surface area (Å²) >= 11 is 1.71. The van der Waals surface area contributed by atoms with Gasteiger partial charge in [0.1, 0.15) is 13.1 Å².